The Morgan fingerprint density at radius 2 is 0.870 bits per heavy atom. The number of hydrogen-bond acceptors (Lipinski definition) is 2. The lowest BCUT2D eigenvalue weighted by atomic mass is 9.88. The number of rotatable bonds is 22. The lowest BCUT2D eigenvalue weighted by Gasteiger charge is -2.17. The summed E-state index contributed by atoms with van der Waals surface area (Å²) < 4.78 is 12.4. The molecule has 0 amide bonds. The molecule has 0 aromatic heterocycles. The molecule has 0 bridgehead atoms. The quantitative estimate of drug-likeness (QED) is 0.0814. The predicted octanol–water partition coefficient (Wildman–Crippen LogP) is 13.8. The molecule has 0 aliphatic heterocycles. The van der Waals surface area contributed by atoms with E-state index in [0.717, 1.165) is 37.6 Å². The molecule has 46 heavy (non-hydrogen) atoms. The Morgan fingerprint density at radius 1 is 0.413 bits per heavy atom. The number of hydrogen-bond donors (Lipinski definition) is 0. The highest BCUT2D eigenvalue weighted by Gasteiger charge is 2.14. The third-order valence-corrected chi connectivity index (χ3v) is 9.42. The normalized spacial score (nSPS) is 11.3. The standard InChI is InChI=1S/C44H60O2/c1-5-7-9-11-13-15-17-19-32-45-39-28-26-37(27-29-39)43-35(3)24-31-42-41(43)30-25-36(4)44(42)38-22-21-23-40(34-38)46-33-20-18-16-14-12-10-8-6-2/h21-31,34H,5-20,32-33H2,1-4H3. The maximum Gasteiger partial charge on any atom is 0.119 e. The monoisotopic (exact) mass is 620 g/mol. The fourth-order valence-electron chi connectivity index (χ4n) is 6.70. The van der Waals surface area contributed by atoms with Crippen molar-refractivity contribution in [3.63, 3.8) is 0 Å². The lowest BCUT2D eigenvalue weighted by Crippen LogP contribution is -1.98. The molecule has 4 rings (SSSR count). The molecular weight excluding hydrogens is 560 g/mol. The van der Waals surface area contributed by atoms with Crippen LogP contribution >= 0.6 is 0 Å². The van der Waals surface area contributed by atoms with Gasteiger partial charge in [-0.25, -0.2) is 0 Å². The van der Waals surface area contributed by atoms with Crippen molar-refractivity contribution in [2.45, 2.75) is 130 Å². The summed E-state index contributed by atoms with van der Waals surface area (Å²) in [5.74, 6) is 1.93. The second kappa shape index (κ2) is 20.1. The average molecular weight is 621 g/mol. The smallest absolute Gasteiger partial charge is 0.119 e. The van der Waals surface area contributed by atoms with Gasteiger partial charge in [-0.3, -0.25) is 0 Å². The van der Waals surface area contributed by atoms with Crippen molar-refractivity contribution in [2.24, 2.45) is 0 Å². The maximum atomic E-state index is 6.24. The van der Waals surface area contributed by atoms with Crippen LogP contribution in [-0.4, -0.2) is 13.2 Å². The molecule has 0 aliphatic rings. The van der Waals surface area contributed by atoms with Crippen molar-refractivity contribution in [1.82, 2.24) is 0 Å². The molecule has 2 nitrogen and oxygen atoms in total. The van der Waals surface area contributed by atoms with Crippen LogP contribution in [-0.2, 0) is 0 Å². The number of fused-ring (bicyclic) bond motifs is 1. The lowest BCUT2D eigenvalue weighted by molar-refractivity contribution is 0.304. The SMILES string of the molecule is CCCCCCCCCCOc1ccc(-c2c(C)ccc3c(-c4cccc(OCCCCCCCCCC)c4)c(C)ccc23)cc1. The zero-order chi connectivity index (χ0) is 32.4. The van der Waals surface area contributed by atoms with Crippen molar-refractivity contribution in [3.05, 3.63) is 83.9 Å². The van der Waals surface area contributed by atoms with Crippen molar-refractivity contribution < 1.29 is 9.47 Å². The van der Waals surface area contributed by atoms with Crippen molar-refractivity contribution in [1.29, 1.82) is 0 Å². The maximum absolute atomic E-state index is 6.24. The first-order valence-electron chi connectivity index (χ1n) is 18.6. The summed E-state index contributed by atoms with van der Waals surface area (Å²) in [6.07, 6.45) is 21.0. The summed E-state index contributed by atoms with van der Waals surface area (Å²) in [6, 6.07) is 26.6. The van der Waals surface area contributed by atoms with E-state index in [1.807, 2.05) is 0 Å². The molecule has 248 valence electrons. The Kier molecular flexibility index (Phi) is 15.5. The minimum absolute atomic E-state index is 0.787. The van der Waals surface area contributed by atoms with Crippen LogP contribution < -0.4 is 9.47 Å². The van der Waals surface area contributed by atoms with E-state index in [9.17, 15) is 0 Å². The fraction of sp³-hybridized carbons (Fsp3) is 0.500. The number of benzene rings is 4. The van der Waals surface area contributed by atoms with Crippen LogP contribution in [0.25, 0.3) is 33.0 Å². The highest BCUT2D eigenvalue weighted by Crippen LogP contribution is 2.39. The summed E-state index contributed by atoms with van der Waals surface area (Å²) in [6.45, 7) is 10.6. The van der Waals surface area contributed by atoms with Gasteiger partial charge in [0.1, 0.15) is 11.5 Å². The van der Waals surface area contributed by atoms with Crippen molar-refractivity contribution in [2.75, 3.05) is 13.2 Å². The molecule has 0 atom stereocenters. The molecule has 0 heterocycles. The molecule has 0 fully saturated rings. The number of unbranched alkanes of at least 4 members (excludes halogenated alkanes) is 14. The van der Waals surface area contributed by atoms with Crippen LogP contribution in [0.4, 0.5) is 0 Å². The first kappa shape index (κ1) is 35.6. The van der Waals surface area contributed by atoms with Crippen LogP contribution in [0.1, 0.15) is 128 Å². The molecule has 0 saturated heterocycles. The summed E-state index contributed by atoms with van der Waals surface area (Å²) in [5, 5.41) is 2.58. The molecule has 0 N–H and O–H groups in total. The first-order valence-corrected chi connectivity index (χ1v) is 18.6. The topological polar surface area (TPSA) is 18.5 Å². The van der Waals surface area contributed by atoms with Gasteiger partial charge >= 0.3 is 0 Å². The highest BCUT2D eigenvalue weighted by atomic mass is 16.5. The van der Waals surface area contributed by atoms with E-state index in [2.05, 4.69) is 100 Å². The van der Waals surface area contributed by atoms with Gasteiger partial charge in [0.25, 0.3) is 0 Å². The summed E-state index contributed by atoms with van der Waals surface area (Å²) in [7, 11) is 0. The molecule has 0 unspecified atom stereocenters. The van der Waals surface area contributed by atoms with Gasteiger partial charge in [0.2, 0.25) is 0 Å². The van der Waals surface area contributed by atoms with E-state index in [1.54, 1.807) is 0 Å². The first-order chi connectivity index (χ1) is 22.6. The van der Waals surface area contributed by atoms with E-state index in [0.29, 0.717) is 0 Å². The Hall–Kier alpha value is -3.26. The number of aryl methyl sites for hydroxylation is 2. The number of ether oxygens (including phenoxy) is 2. The molecular formula is C44H60O2. The van der Waals surface area contributed by atoms with Crippen LogP contribution in [0.5, 0.6) is 11.5 Å². The minimum Gasteiger partial charge on any atom is -0.494 e. The summed E-state index contributed by atoms with van der Waals surface area (Å²) >= 11 is 0. The van der Waals surface area contributed by atoms with Gasteiger partial charge < -0.3 is 9.47 Å². The van der Waals surface area contributed by atoms with Crippen LogP contribution in [0.15, 0.2) is 72.8 Å². The Balaban J connectivity index is 1.39. The fourth-order valence-corrected chi connectivity index (χ4v) is 6.70. The highest BCUT2D eigenvalue weighted by molar-refractivity contribution is 6.06. The van der Waals surface area contributed by atoms with Crippen molar-refractivity contribution in [3.8, 4) is 33.8 Å². The van der Waals surface area contributed by atoms with Crippen molar-refractivity contribution >= 4 is 10.8 Å². The minimum atomic E-state index is 0.787. The van der Waals surface area contributed by atoms with Gasteiger partial charge in [0.15, 0.2) is 0 Å². The van der Waals surface area contributed by atoms with Gasteiger partial charge in [-0.2, -0.15) is 0 Å². The molecule has 0 spiro atoms. The molecule has 2 heteroatoms. The molecule has 4 aromatic carbocycles. The van der Waals surface area contributed by atoms with Crippen LogP contribution in [0.3, 0.4) is 0 Å². The third kappa shape index (κ3) is 10.9. The second-order valence-electron chi connectivity index (χ2n) is 13.3. The van der Waals surface area contributed by atoms with Gasteiger partial charge in [-0.15, -0.1) is 0 Å². The largest absolute Gasteiger partial charge is 0.494 e. The third-order valence-electron chi connectivity index (χ3n) is 9.42. The second-order valence-corrected chi connectivity index (χ2v) is 13.3. The zero-order valence-corrected chi connectivity index (χ0v) is 29.5. The zero-order valence-electron chi connectivity index (χ0n) is 29.5. The predicted molar refractivity (Wildman–Crippen MR) is 201 cm³/mol. The molecule has 0 aliphatic carbocycles. The van der Waals surface area contributed by atoms with Crippen LogP contribution in [0, 0.1) is 13.8 Å². The van der Waals surface area contributed by atoms with Gasteiger partial charge in [0.05, 0.1) is 13.2 Å². The van der Waals surface area contributed by atoms with E-state index in [-0.39, 0.29) is 0 Å². The Labute approximate surface area is 280 Å². The van der Waals surface area contributed by atoms with E-state index in [1.165, 1.54) is 134 Å². The summed E-state index contributed by atoms with van der Waals surface area (Å²) in [5.41, 5.74) is 7.62. The van der Waals surface area contributed by atoms with Gasteiger partial charge in [0, 0.05) is 0 Å². The molecule has 4 aromatic rings. The van der Waals surface area contributed by atoms with E-state index in [4.69, 9.17) is 9.47 Å². The molecule has 0 radical (unpaired) electrons. The van der Waals surface area contributed by atoms with E-state index >= 15 is 0 Å². The van der Waals surface area contributed by atoms with E-state index < -0.39 is 0 Å². The van der Waals surface area contributed by atoms with Gasteiger partial charge in [-0.05, 0) is 95.1 Å². The summed E-state index contributed by atoms with van der Waals surface area (Å²) in [4.78, 5) is 0. The Bertz CT molecular complexity index is 1430. The Morgan fingerprint density at radius 3 is 1.39 bits per heavy atom. The van der Waals surface area contributed by atoms with Gasteiger partial charge in [-0.1, -0.05) is 152 Å². The van der Waals surface area contributed by atoms with Crippen LogP contribution in [0.2, 0.25) is 0 Å². The average Bonchev–Trinajstić information content (AvgIpc) is 3.07. The molecule has 0 saturated carbocycles.